The molecule has 0 saturated heterocycles. The predicted molar refractivity (Wildman–Crippen MR) is 171 cm³/mol. The molecule has 1 unspecified atom stereocenters. The van der Waals surface area contributed by atoms with E-state index in [0.29, 0.717) is 0 Å². The van der Waals surface area contributed by atoms with E-state index in [4.69, 9.17) is 0 Å². The average Bonchev–Trinajstić information content (AvgIpc) is 2.99. The minimum atomic E-state index is -4.24. The molecule has 0 saturated carbocycles. The van der Waals surface area contributed by atoms with Gasteiger partial charge in [0.25, 0.3) is 10.0 Å². The Labute approximate surface area is 259 Å². The van der Waals surface area contributed by atoms with Gasteiger partial charge in [0.05, 0.1) is 10.6 Å². The first kappa shape index (κ1) is 32.4. The molecule has 0 radical (unpaired) electrons. The molecule has 4 rings (SSSR count). The maximum absolute atomic E-state index is 14.4. The van der Waals surface area contributed by atoms with Crippen molar-refractivity contribution in [3.63, 3.8) is 0 Å². The van der Waals surface area contributed by atoms with Crippen LogP contribution < -0.4 is 9.62 Å². The summed E-state index contributed by atoms with van der Waals surface area (Å²) in [5, 5.41) is 3.01. The molecule has 0 bridgehead atoms. The number of aryl methyl sites for hydroxylation is 1. The van der Waals surface area contributed by atoms with Crippen molar-refractivity contribution in [2.45, 2.75) is 57.1 Å². The van der Waals surface area contributed by atoms with Crippen molar-refractivity contribution < 1.29 is 22.4 Å². The Bertz CT molecular complexity index is 1660. The zero-order valence-electron chi connectivity index (χ0n) is 25.4. The number of carbonyl (C=O) groups is 2. The number of benzene rings is 4. The third kappa shape index (κ3) is 8.54. The normalized spacial score (nSPS) is 12.3. The van der Waals surface area contributed by atoms with Crippen LogP contribution in [0.4, 0.5) is 10.1 Å². The summed E-state index contributed by atoms with van der Waals surface area (Å²) >= 11 is 0. The minimum Gasteiger partial charge on any atom is -0.350 e. The third-order valence-electron chi connectivity index (χ3n) is 6.97. The number of hydrogen-bond acceptors (Lipinski definition) is 4. The maximum Gasteiger partial charge on any atom is 0.264 e. The topological polar surface area (TPSA) is 86.8 Å². The van der Waals surface area contributed by atoms with Gasteiger partial charge in [-0.2, -0.15) is 0 Å². The van der Waals surface area contributed by atoms with Crippen molar-refractivity contribution in [1.82, 2.24) is 10.2 Å². The van der Waals surface area contributed by atoms with Crippen LogP contribution in [0.3, 0.4) is 0 Å². The van der Waals surface area contributed by atoms with Gasteiger partial charge in [0.1, 0.15) is 18.4 Å². The van der Waals surface area contributed by atoms with Crippen molar-refractivity contribution in [3.05, 3.63) is 132 Å². The number of carbonyl (C=O) groups excluding carboxylic acids is 2. The molecule has 0 aliphatic carbocycles. The van der Waals surface area contributed by atoms with Crippen LogP contribution in [0.15, 0.2) is 114 Å². The number of nitrogens with one attached hydrogen (secondary N) is 1. The molecule has 1 N–H and O–H groups in total. The van der Waals surface area contributed by atoms with Crippen LogP contribution in [0.5, 0.6) is 0 Å². The van der Waals surface area contributed by atoms with E-state index in [-0.39, 0.29) is 29.5 Å². The molecular weight excluding hydrogens is 577 g/mol. The van der Waals surface area contributed by atoms with Gasteiger partial charge in [-0.1, -0.05) is 78.4 Å². The molecule has 1 atom stereocenters. The second-order valence-corrected chi connectivity index (χ2v) is 13.6. The quantitative estimate of drug-likeness (QED) is 0.228. The second-order valence-electron chi connectivity index (χ2n) is 11.8. The van der Waals surface area contributed by atoms with Gasteiger partial charge in [0.15, 0.2) is 0 Å². The Morgan fingerprint density at radius 3 is 1.93 bits per heavy atom. The fourth-order valence-electron chi connectivity index (χ4n) is 4.75. The Morgan fingerprint density at radius 2 is 1.36 bits per heavy atom. The van der Waals surface area contributed by atoms with Gasteiger partial charge in [-0.25, -0.2) is 12.8 Å². The highest BCUT2D eigenvalue weighted by molar-refractivity contribution is 7.92. The molecule has 0 spiro atoms. The summed E-state index contributed by atoms with van der Waals surface area (Å²) in [7, 11) is -4.24. The van der Waals surface area contributed by atoms with Gasteiger partial charge >= 0.3 is 0 Å². The fourth-order valence-corrected chi connectivity index (χ4v) is 6.19. The van der Waals surface area contributed by atoms with Gasteiger partial charge < -0.3 is 10.2 Å². The lowest BCUT2D eigenvalue weighted by molar-refractivity contribution is -0.140. The van der Waals surface area contributed by atoms with E-state index in [0.717, 1.165) is 33.1 Å². The molecule has 2 amide bonds. The van der Waals surface area contributed by atoms with E-state index in [1.165, 1.54) is 29.2 Å². The van der Waals surface area contributed by atoms with E-state index >= 15 is 0 Å². The molecule has 7 nitrogen and oxygen atoms in total. The molecule has 230 valence electrons. The summed E-state index contributed by atoms with van der Waals surface area (Å²) < 4.78 is 42.7. The van der Waals surface area contributed by atoms with Crippen LogP contribution in [0.2, 0.25) is 0 Å². The van der Waals surface area contributed by atoms with Crippen LogP contribution in [-0.4, -0.2) is 43.3 Å². The Hall–Kier alpha value is -4.50. The summed E-state index contributed by atoms with van der Waals surface area (Å²) in [4.78, 5) is 29.7. The van der Waals surface area contributed by atoms with E-state index in [9.17, 15) is 22.4 Å². The maximum atomic E-state index is 14.4. The highest BCUT2D eigenvalue weighted by atomic mass is 32.2. The number of anilines is 1. The number of nitrogens with zero attached hydrogens (tertiary/aromatic N) is 2. The molecule has 4 aromatic rings. The van der Waals surface area contributed by atoms with Crippen LogP contribution >= 0.6 is 0 Å². The second kappa shape index (κ2) is 13.9. The van der Waals surface area contributed by atoms with E-state index < -0.39 is 39.9 Å². The molecular formula is C35H38FN3O4S. The van der Waals surface area contributed by atoms with Crippen molar-refractivity contribution in [3.8, 4) is 0 Å². The van der Waals surface area contributed by atoms with Crippen molar-refractivity contribution in [2.24, 2.45) is 0 Å². The molecule has 0 aliphatic rings. The Morgan fingerprint density at radius 1 is 0.795 bits per heavy atom. The lowest BCUT2D eigenvalue weighted by atomic mass is 10.0. The first-order chi connectivity index (χ1) is 20.8. The molecule has 44 heavy (non-hydrogen) atoms. The summed E-state index contributed by atoms with van der Waals surface area (Å²) in [6, 6.07) is 28.7. The largest absolute Gasteiger partial charge is 0.350 e. The van der Waals surface area contributed by atoms with Crippen molar-refractivity contribution in [1.29, 1.82) is 0 Å². The lowest BCUT2D eigenvalue weighted by Gasteiger charge is -2.35. The zero-order valence-corrected chi connectivity index (χ0v) is 26.2. The molecule has 0 aliphatic heterocycles. The minimum absolute atomic E-state index is 0.0199. The van der Waals surface area contributed by atoms with Gasteiger partial charge in [0, 0.05) is 18.5 Å². The molecule has 9 heteroatoms. The van der Waals surface area contributed by atoms with Crippen LogP contribution in [-0.2, 0) is 32.6 Å². The lowest BCUT2D eigenvalue weighted by Crippen LogP contribution is -2.56. The van der Waals surface area contributed by atoms with Gasteiger partial charge in [-0.05, 0) is 75.2 Å². The van der Waals surface area contributed by atoms with E-state index in [2.05, 4.69) is 5.32 Å². The molecule has 4 aromatic carbocycles. The number of amides is 2. The van der Waals surface area contributed by atoms with E-state index in [1.54, 1.807) is 18.2 Å². The highest BCUT2D eigenvalue weighted by Crippen LogP contribution is 2.25. The standard InChI is InChI=1S/C35H38FN3O4S/c1-26-15-17-28(18-16-26)24-38(32(34(41)37-35(2,3)4)23-27-11-7-5-8-12-27)33(40)25-39(30-21-19-29(36)20-22-30)44(42,43)31-13-9-6-10-14-31/h5-22,32H,23-25H2,1-4H3,(H,37,41). The first-order valence-electron chi connectivity index (χ1n) is 14.4. The molecule has 0 aromatic heterocycles. The first-order valence-corrected chi connectivity index (χ1v) is 15.8. The van der Waals surface area contributed by atoms with Crippen LogP contribution in [0.25, 0.3) is 0 Å². The van der Waals surface area contributed by atoms with Crippen LogP contribution in [0, 0.1) is 12.7 Å². The SMILES string of the molecule is Cc1ccc(CN(C(=O)CN(c2ccc(F)cc2)S(=O)(=O)c2ccccc2)C(Cc2ccccc2)C(=O)NC(C)(C)C)cc1. The predicted octanol–water partition coefficient (Wildman–Crippen LogP) is 5.88. The number of halogens is 1. The average molecular weight is 616 g/mol. The summed E-state index contributed by atoms with van der Waals surface area (Å²) in [5.41, 5.74) is 2.20. The summed E-state index contributed by atoms with van der Waals surface area (Å²) in [5.74, 6) is -1.49. The van der Waals surface area contributed by atoms with Gasteiger partial charge in [0.2, 0.25) is 11.8 Å². The highest BCUT2D eigenvalue weighted by Gasteiger charge is 2.35. The van der Waals surface area contributed by atoms with Gasteiger partial charge in [-0.3, -0.25) is 13.9 Å². The third-order valence-corrected chi connectivity index (χ3v) is 8.76. The summed E-state index contributed by atoms with van der Waals surface area (Å²) in [6.07, 6.45) is 0.211. The van der Waals surface area contributed by atoms with Gasteiger partial charge in [-0.15, -0.1) is 0 Å². The fraction of sp³-hybridized carbons (Fsp3) is 0.257. The Balaban J connectivity index is 1.80. The smallest absolute Gasteiger partial charge is 0.264 e. The van der Waals surface area contributed by atoms with Crippen molar-refractivity contribution in [2.75, 3.05) is 10.8 Å². The number of sulfonamides is 1. The van der Waals surface area contributed by atoms with E-state index in [1.807, 2.05) is 82.3 Å². The molecule has 0 fully saturated rings. The monoisotopic (exact) mass is 615 g/mol. The summed E-state index contributed by atoms with van der Waals surface area (Å²) in [6.45, 7) is 6.99. The number of rotatable bonds is 11. The van der Waals surface area contributed by atoms with Crippen LogP contribution in [0.1, 0.15) is 37.5 Å². The Kier molecular flexibility index (Phi) is 10.2. The molecule has 0 heterocycles. The van der Waals surface area contributed by atoms with Crippen molar-refractivity contribution >= 4 is 27.5 Å². The number of hydrogen-bond donors (Lipinski definition) is 1. The zero-order chi connectivity index (χ0) is 31.9.